The van der Waals surface area contributed by atoms with Crippen LogP contribution in [0, 0.1) is 40.5 Å². The molecular formula is C5H6F2N4O10. The molecule has 2 atom stereocenters. The topological polar surface area (TPSA) is 213 Å². The quantitative estimate of drug-likeness (QED) is 0.227. The average molecular weight is 320 g/mol. The minimum atomic E-state index is -4.84. The van der Waals surface area contributed by atoms with Gasteiger partial charge in [-0.05, 0) is 0 Å². The number of hydrogen-bond donors (Lipinski definition) is 2. The normalized spacial score (nSPS) is 15.0. The fourth-order valence-electron chi connectivity index (χ4n) is 1.13. The van der Waals surface area contributed by atoms with Crippen molar-refractivity contribution < 1.29 is 38.7 Å². The number of aliphatic hydroxyl groups is 2. The second-order valence-corrected chi connectivity index (χ2v) is 3.57. The van der Waals surface area contributed by atoms with Crippen molar-refractivity contribution in [1.82, 2.24) is 0 Å². The maximum Gasteiger partial charge on any atom is 0.640 e. The Hall–Kier alpha value is -2.62. The fourth-order valence-corrected chi connectivity index (χ4v) is 1.13. The van der Waals surface area contributed by atoms with Crippen LogP contribution in [0.25, 0.3) is 0 Å². The lowest BCUT2D eigenvalue weighted by molar-refractivity contribution is -0.848. The molecule has 0 bridgehead atoms. The lowest BCUT2D eigenvalue weighted by atomic mass is 10.1. The Morgan fingerprint density at radius 1 is 0.762 bits per heavy atom. The molecule has 0 radical (unpaired) electrons. The molecule has 16 heteroatoms. The lowest BCUT2D eigenvalue weighted by Crippen LogP contribution is -2.57. The first-order valence-corrected chi connectivity index (χ1v) is 4.64. The molecule has 0 amide bonds. The van der Waals surface area contributed by atoms with Crippen LogP contribution in [0.4, 0.5) is 8.78 Å². The van der Waals surface area contributed by atoms with E-state index in [9.17, 15) is 49.2 Å². The summed E-state index contributed by atoms with van der Waals surface area (Å²) < 4.78 is 26.7. The van der Waals surface area contributed by atoms with Crippen molar-refractivity contribution >= 4 is 0 Å². The molecule has 21 heavy (non-hydrogen) atoms. The van der Waals surface area contributed by atoms with Gasteiger partial charge in [0, 0.05) is 6.42 Å². The molecular weight excluding hydrogens is 314 g/mol. The predicted molar refractivity (Wildman–Crippen MR) is 52.3 cm³/mol. The zero-order valence-corrected chi connectivity index (χ0v) is 9.57. The first kappa shape index (κ1) is 18.4. The highest BCUT2D eigenvalue weighted by Crippen LogP contribution is 2.27. The summed E-state index contributed by atoms with van der Waals surface area (Å²) in [5.41, 5.74) is 0. The van der Waals surface area contributed by atoms with Gasteiger partial charge in [0.05, 0.1) is 0 Å². The van der Waals surface area contributed by atoms with Crippen molar-refractivity contribution in [2.24, 2.45) is 0 Å². The fraction of sp³-hybridized carbons (Fsp3) is 1.00. The van der Waals surface area contributed by atoms with Crippen molar-refractivity contribution in [3.63, 3.8) is 0 Å². The van der Waals surface area contributed by atoms with Crippen molar-refractivity contribution in [2.75, 3.05) is 0 Å². The van der Waals surface area contributed by atoms with Gasteiger partial charge < -0.3 is 10.2 Å². The number of hydrogen-bond acceptors (Lipinski definition) is 10. The second-order valence-electron chi connectivity index (χ2n) is 3.57. The van der Waals surface area contributed by atoms with Crippen molar-refractivity contribution in [3.8, 4) is 0 Å². The van der Waals surface area contributed by atoms with Gasteiger partial charge in [-0.15, -0.1) is 0 Å². The van der Waals surface area contributed by atoms with Crippen LogP contribution in [-0.4, -0.2) is 53.9 Å². The Bertz CT molecular complexity index is 414. The van der Waals surface area contributed by atoms with E-state index in [-0.39, 0.29) is 0 Å². The molecule has 0 aromatic heterocycles. The Kier molecular flexibility index (Phi) is 5.07. The largest absolute Gasteiger partial charge is 0.640 e. The van der Waals surface area contributed by atoms with Crippen molar-refractivity contribution in [3.05, 3.63) is 40.5 Å². The van der Waals surface area contributed by atoms with Crippen molar-refractivity contribution in [1.29, 1.82) is 0 Å². The average Bonchev–Trinajstić information content (AvgIpc) is 2.34. The van der Waals surface area contributed by atoms with Crippen LogP contribution in [0.15, 0.2) is 0 Å². The van der Waals surface area contributed by atoms with Crippen LogP contribution in [0.1, 0.15) is 6.42 Å². The Morgan fingerprint density at radius 3 is 1.10 bits per heavy atom. The number of alkyl halides is 2. The molecule has 0 saturated carbocycles. The van der Waals surface area contributed by atoms with Crippen LogP contribution < -0.4 is 0 Å². The van der Waals surface area contributed by atoms with Crippen LogP contribution >= 0.6 is 0 Å². The van der Waals surface area contributed by atoms with Gasteiger partial charge in [0.2, 0.25) is 12.2 Å². The molecule has 2 unspecified atom stereocenters. The molecule has 0 aromatic carbocycles. The highest BCUT2D eigenvalue weighted by molar-refractivity contribution is 4.76. The molecule has 0 fully saturated rings. The monoisotopic (exact) mass is 320 g/mol. The SMILES string of the molecule is O=[N+]([O-])C(F)(C(O)CC(O)C(F)([N+](=O)[O-])[N+](=O)[O-])[N+](=O)[O-]. The van der Waals surface area contributed by atoms with E-state index in [2.05, 4.69) is 0 Å². The maximum absolute atomic E-state index is 13.4. The number of nitrogens with zero attached hydrogens (tertiary/aromatic N) is 4. The van der Waals surface area contributed by atoms with Gasteiger partial charge in [-0.1, -0.05) is 8.78 Å². The number of nitro groups is 4. The third kappa shape index (κ3) is 2.94. The third-order valence-electron chi connectivity index (χ3n) is 2.32. The Labute approximate surface area is 111 Å². The molecule has 2 N–H and O–H groups in total. The number of rotatable bonds is 8. The summed E-state index contributed by atoms with van der Waals surface area (Å²) in [6, 6.07) is 0. The molecule has 0 aliphatic carbocycles. The second kappa shape index (κ2) is 5.79. The van der Waals surface area contributed by atoms with Gasteiger partial charge in [0.1, 0.15) is 19.7 Å². The van der Waals surface area contributed by atoms with E-state index in [0.29, 0.717) is 0 Å². The summed E-state index contributed by atoms with van der Waals surface area (Å²) in [5.74, 6) is -9.68. The zero-order chi connectivity index (χ0) is 17.2. The van der Waals surface area contributed by atoms with Crippen LogP contribution in [0.5, 0.6) is 0 Å². The highest BCUT2D eigenvalue weighted by atomic mass is 19.2. The van der Waals surface area contributed by atoms with Crippen LogP contribution in [0.3, 0.4) is 0 Å². The van der Waals surface area contributed by atoms with Crippen molar-refractivity contribution in [2.45, 2.75) is 30.5 Å². The van der Waals surface area contributed by atoms with Gasteiger partial charge in [-0.3, -0.25) is 40.5 Å². The van der Waals surface area contributed by atoms with Gasteiger partial charge >= 0.3 is 11.8 Å². The molecule has 0 rings (SSSR count). The summed E-state index contributed by atoms with van der Waals surface area (Å²) in [5, 5.41) is 58.7. The van der Waals surface area contributed by atoms with E-state index in [1.807, 2.05) is 0 Å². The number of halogens is 2. The first-order valence-electron chi connectivity index (χ1n) is 4.64. The molecule has 0 heterocycles. The van der Waals surface area contributed by atoms with E-state index in [0.717, 1.165) is 0 Å². The summed E-state index contributed by atoms with van der Waals surface area (Å²) >= 11 is 0. The van der Waals surface area contributed by atoms with Gasteiger partial charge in [0.15, 0.2) is 0 Å². The predicted octanol–water partition coefficient (Wildman–Crippen LogP) is -1.55. The minimum absolute atomic E-state index is 2.06. The van der Waals surface area contributed by atoms with E-state index in [1.165, 1.54) is 0 Å². The van der Waals surface area contributed by atoms with E-state index >= 15 is 0 Å². The van der Waals surface area contributed by atoms with E-state index < -0.39 is 50.2 Å². The third-order valence-corrected chi connectivity index (χ3v) is 2.32. The van der Waals surface area contributed by atoms with Gasteiger partial charge in [0.25, 0.3) is 0 Å². The van der Waals surface area contributed by atoms with Crippen LogP contribution in [-0.2, 0) is 0 Å². The molecule has 0 spiro atoms. The smallest absolute Gasteiger partial charge is 0.376 e. The molecule has 0 aromatic rings. The maximum atomic E-state index is 13.4. The standard InChI is InChI=1S/C5H6F2N4O10/c6-4(8(14)15,9(16)17)2(12)1-3(13)5(7,10(18)19)11(20)21/h2-3,12-13H,1H2. The summed E-state index contributed by atoms with van der Waals surface area (Å²) in [7, 11) is 0. The minimum Gasteiger partial charge on any atom is -0.376 e. The molecule has 0 aliphatic rings. The Balaban J connectivity index is 5.46. The molecule has 120 valence electrons. The van der Waals surface area contributed by atoms with E-state index in [4.69, 9.17) is 10.2 Å². The lowest BCUT2D eigenvalue weighted by Gasteiger charge is -2.18. The molecule has 0 saturated heterocycles. The summed E-state index contributed by atoms with van der Waals surface area (Å²) in [6.45, 7) is 0. The zero-order valence-electron chi connectivity index (χ0n) is 9.57. The van der Waals surface area contributed by atoms with E-state index in [1.54, 1.807) is 0 Å². The summed E-state index contributed by atoms with van der Waals surface area (Å²) in [4.78, 5) is 31.8. The molecule has 14 nitrogen and oxygen atoms in total. The molecule has 0 aliphatic heterocycles. The van der Waals surface area contributed by atoms with Crippen LogP contribution in [0.2, 0.25) is 0 Å². The van der Waals surface area contributed by atoms with Gasteiger partial charge in [-0.2, -0.15) is 0 Å². The summed E-state index contributed by atoms with van der Waals surface area (Å²) in [6.07, 6.45) is -8.85. The first-order chi connectivity index (χ1) is 9.32. The number of aliphatic hydroxyl groups excluding tert-OH is 2. The Morgan fingerprint density at radius 2 is 0.952 bits per heavy atom. The van der Waals surface area contributed by atoms with Gasteiger partial charge in [-0.25, -0.2) is 0 Å². The highest BCUT2D eigenvalue weighted by Gasteiger charge is 2.71.